The van der Waals surface area contributed by atoms with Gasteiger partial charge in [-0.2, -0.15) is 0 Å². The molecule has 2 amide bonds. The van der Waals surface area contributed by atoms with E-state index in [9.17, 15) is 18.4 Å². The maximum Gasteiger partial charge on any atom is 0.256 e. The van der Waals surface area contributed by atoms with Crippen LogP contribution in [0.4, 0.5) is 8.78 Å². The second-order valence-electron chi connectivity index (χ2n) is 6.62. The van der Waals surface area contributed by atoms with Crippen molar-refractivity contribution in [3.63, 3.8) is 0 Å². The van der Waals surface area contributed by atoms with E-state index in [4.69, 9.17) is 4.74 Å². The van der Waals surface area contributed by atoms with Gasteiger partial charge in [-0.1, -0.05) is 0 Å². The van der Waals surface area contributed by atoms with Crippen LogP contribution in [0.15, 0.2) is 42.5 Å². The molecule has 3 rings (SSSR count). The van der Waals surface area contributed by atoms with E-state index in [-0.39, 0.29) is 17.5 Å². The van der Waals surface area contributed by atoms with E-state index in [0.29, 0.717) is 49.9 Å². The second kappa shape index (κ2) is 8.82. The molecule has 0 unspecified atom stereocenters. The first-order valence-electron chi connectivity index (χ1n) is 9.26. The van der Waals surface area contributed by atoms with Crippen molar-refractivity contribution in [2.24, 2.45) is 0 Å². The molecule has 1 aliphatic heterocycles. The summed E-state index contributed by atoms with van der Waals surface area (Å²) in [4.78, 5) is 26.3. The van der Waals surface area contributed by atoms with Crippen molar-refractivity contribution in [1.29, 1.82) is 0 Å². The first-order chi connectivity index (χ1) is 13.5. The summed E-state index contributed by atoms with van der Waals surface area (Å²) in [5.41, 5.74) is 0.397. The fourth-order valence-corrected chi connectivity index (χ4v) is 3.20. The van der Waals surface area contributed by atoms with E-state index in [0.717, 1.165) is 12.1 Å². The molecule has 0 bridgehead atoms. The topological polar surface area (TPSA) is 58.6 Å². The maximum atomic E-state index is 13.8. The molecule has 0 aliphatic carbocycles. The summed E-state index contributed by atoms with van der Waals surface area (Å²) in [6.07, 6.45) is 1.13. The van der Waals surface area contributed by atoms with Gasteiger partial charge in [0.1, 0.15) is 17.4 Å². The highest BCUT2D eigenvalue weighted by atomic mass is 19.1. The number of rotatable bonds is 5. The Kier molecular flexibility index (Phi) is 6.23. The fourth-order valence-electron chi connectivity index (χ4n) is 3.20. The highest BCUT2D eigenvalue weighted by Gasteiger charge is 2.26. The van der Waals surface area contributed by atoms with E-state index in [1.807, 2.05) is 6.92 Å². The number of nitrogens with one attached hydrogen (secondary N) is 1. The number of nitrogens with zero attached hydrogens (tertiary/aromatic N) is 1. The summed E-state index contributed by atoms with van der Waals surface area (Å²) in [7, 11) is 0. The lowest BCUT2D eigenvalue weighted by Crippen LogP contribution is -2.46. The van der Waals surface area contributed by atoms with E-state index in [1.54, 1.807) is 24.3 Å². The van der Waals surface area contributed by atoms with Crippen molar-refractivity contribution >= 4 is 11.8 Å². The van der Waals surface area contributed by atoms with Crippen molar-refractivity contribution in [2.75, 3.05) is 19.7 Å². The van der Waals surface area contributed by atoms with Gasteiger partial charge in [-0.25, -0.2) is 8.78 Å². The molecule has 1 aliphatic rings. The number of ether oxygens (including phenoxy) is 1. The number of likely N-dealkylation sites (tertiary alicyclic amines) is 1. The average Bonchev–Trinajstić information content (AvgIpc) is 2.69. The normalized spacial score (nSPS) is 14.6. The Morgan fingerprint density at radius 1 is 1.11 bits per heavy atom. The van der Waals surface area contributed by atoms with Crippen LogP contribution in [0.5, 0.6) is 5.75 Å². The summed E-state index contributed by atoms with van der Waals surface area (Å²) in [6, 6.07) is 9.77. The van der Waals surface area contributed by atoms with Gasteiger partial charge in [0.2, 0.25) is 0 Å². The Morgan fingerprint density at radius 2 is 1.79 bits per heavy atom. The number of piperidine rings is 1. The van der Waals surface area contributed by atoms with Crippen molar-refractivity contribution in [1.82, 2.24) is 10.2 Å². The van der Waals surface area contributed by atoms with E-state index < -0.39 is 17.5 Å². The average molecular weight is 388 g/mol. The van der Waals surface area contributed by atoms with Crippen LogP contribution in [-0.4, -0.2) is 42.5 Å². The van der Waals surface area contributed by atoms with Gasteiger partial charge in [-0.3, -0.25) is 9.59 Å². The minimum atomic E-state index is -0.865. The molecule has 7 heteroatoms. The highest BCUT2D eigenvalue weighted by Crippen LogP contribution is 2.18. The fraction of sp³-hybridized carbons (Fsp3) is 0.333. The molecule has 1 saturated heterocycles. The molecule has 28 heavy (non-hydrogen) atoms. The largest absolute Gasteiger partial charge is 0.494 e. The summed E-state index contributed by atoms with van der Waals surface area (Å²) >= 11 is 0. The quantitative estimate of drug-likeness (QED) is 0.854. The Morgan fingerprint density at radius 3 is 2.39 bits per heavy atom. The zero-order valence-corrected chi connectivity index (χ0v) is 15.6. The second-order valence-corrected chi connectivity index (χ2v) is 6.62. The van der Waals surface area contributed by atoms with Crippen molar-refractivity contribution < 1.29 is 23.1 Å². The number of carbonyl (C=O) groups is 2. The van der Waals surface area contributed by atoms with Crippen LogP contribution in [0.25, 0.3) is 0 Å². The zero-order chi connectivity index (χ0) is 20.1. The van der Waals surface area contributed by atoms with Gasteiger partial charge in [0.25, 0.3) is 11.8 Å². The molecule has 148 valence electrons. The Hall–Kier alpha value is -2.96. The number of hydrogen-bond acceptors (Lipinski definition) is 3. The minimum absolute atomic E-state index is 0.0683. The van der Waals surface area contributed by atoms with Crippen LogP contribution < -0.4 is 10.1 Å². The first kappa shape index (κ1) is 19.8. The van der Waals surface area contributed by atoms with Crippen LogP contribution in [-0.2, 0) is 0 Å². The molecule has 2 aromatic rings. The van der Waals surface area contributed by atoms with E-state index in [1.165, 1.54) is 4.90 Å². The van der Waals surface area contributed by atoms with Gasteiger partial charge < -0.3 is 15.0 Å². The molecule has 2 aromatic carbocycles. The molecular formula is C21H22F2N2O3. The lowest BCUT2D eigenvalue weighted by molar-refractivity contribution is 0.0693. The van der Waals surface area contributed by atoms with Gasteiger partial charge in [-0.05, 0) is 56.2 Å². The molecule has 5 nitrogen and oxygen atoms in total. The van der Waals surface area contributed by atoms with Crippen molar-refractivity contribution in [2.45, 2.75) is 25.8 Å². The first-order valence-corrected chi connectivity index (χ1v) is 9.26. The Balaban J connectivity index is 1.53. The number of halogens is 2. The highest BCUT2D eigenvalue weighted by molar-refractivity contribution is 5.95. The van der Waals surface area contributed by atoms with E-state index >= 15 is 0 Å². The van der Waals surface area contributed by atoms with Gasteiger partial charge in [0.15, 0.2) is 0 Å². The lowest BCUT2D eigenvalue weighted by Gasteiger charge is -2.32. The molecular weight excluding hydrogens is 366 g/mol. The Bertz CT molecular complexity index is 847. The van der Waals surface area contributed by atoms with Crippen LogP contribution in [0.3, 0.4) is 0 Å². The third kappa shape index (κ3) is 4.65. The van der Waals surface area contributed by atoms with Crippen molar-refractivity contribution in [3.8, 4) is 5.75 Å². The summed E-state index contributed by atoms with van der Waals surface area (Å²) in [5.74, 6) is -1.52. The molecule has 0 atom stereocenters. The maximum absolute atomic E-state index is 13.8. The molecule has 1 heterocycles. The van der Waals surface area contributed by atoms with Crippen molar-refractivity contribution in [3.05, 3.63) is 65.2 Å². The predicted molar refractivity (Wildman–Crippen MR) is 100 cm³/mol. The van der Waals surface area contributed by atoms with Gasteiger partial charge in [-0.15, -0.1) is 0 Å². The lowest BCUT2D eigenvalue weighted by atomic mass is 10.0. The monoisotopic (exact) mass is 388 g/mol. The van der Waals surface area contributed by atoms with Crippen LogP contribution in [0.1, 0.15) is 40.5 Å². The smallest absolute Gasteiger partial charge is 0.256 e. The SMILES string of the molecule is CCOc1ccc(C(=O)NC2CCN(C(=O)c3ccc(F)cc3F)CC2)cc1. The molecule has 0 radical (unpaired) electrons. The van der Waals surface area contributed by atoms with Gasteiger partial charge in [0.05, 0.1) is 12.2 Å². The number of benzene rings is 2. The molecule has 0 saturated carbocycles. The minimum Gasteiger partial charge on any atom is -0.494 e. The Labute approximate surface area is 162 Å². The van der Waals surface area contributed by atoms with Gasteiger partial charge >= 0.3 is 0 Å². The third-order valence-corrected chi connectivity index (χ3v) is 4.71. The molecule has 0 spiro atoms. The number of hydrogen-bond donors (Lipinski definition) is 1. The predicted octanol–water partition coefficient (Wildman–Crippen LogP) is 3.40. The summed E-state index contributed by atoms with van der Waals surface area (Å²) < 4.78 is 32.2. The standard InChI is InChI=1S/C21H22F2N2O3/c1-2-28-17-6-3-14(4-7-17)20(26)24-16-9-11-25(12-10-16)21(27)18-8-5-15(22)13-19(18)23/h3-8,13,16H,2,9-12H2,1H3,(H,24,26). The molecule has 1 fully saturated rings. The van der Waals surface area contributed by atoms with E-state index in [2.05, 4.69) is 5.32 Å². The zero-order valence-electron chi connectivity index (χ0n) is 15.6. The summed E-state index contributed by atoms with van der Waals surface area (Å²) in [6.45, 7) is 3.24. The number of amides is 2. The molecule has 1 N–H and O–H groups in total. The van der Waals surface area contributed by atoms with Crippen LogP contribution >= 0.6 is 0 Å². The van der Waals surface area contributed by atoms with Crippen LogP contribution in [0.2, 0.25) is 0 Å². The third-order valence-electron chi connectivity index (χ3n) is 4.71. The molecule has 0 aromatic heterocycles. The van der Waals surface area contributed by atoms with Gasteiger partial charge in [0, 0.05) is 30.8 Å². The number of carbonyl (C=O) groups excluding carboxylic acids is 2. The van der Waals surface area contributed by atoms with Crippen LogP contribution in [0, 0.1) is 11.6 Å². The summed E-state index contributed by atoms with van der Waals surface area (Å²) in [5, 5.41) is 2.96.